The quantitative estimate of drug-likeness (QED) is 0.407. The molecule has 0 bridgehead atoms. The van der Waals surface area contributed by atoms with Gasteiger partial charge < -0.3 is 14.8 Å². The summed E-state index contributed by atoms with van der Waals surface area (Å²) in [7, 11) is 3.22. The number of benzene rings is 2. The van der Waals surface area contributed by atoms with Crippen LogP contribution in [-0.2, 0) is 6.54 Å². The van der Waals surface area contributed by atoms with Crippen LogP contribution in [0.1, 0.15) is 15.9 Å². The normalized spacial score (nSPS) is 10.8. The predicted octanol–water partition coefficient (Wildman–Crippen LogP) is 4.32. The highest BCUT2D eigenvalue weighted by atomic mass is 16.5. The topological polar surface area (TPSA) is 91.2 Å². The van der Waals surface area contributed by atoms with Crippen LogP contribution in [0.3, 0.4) is 0 Å². The van der Waals surface area contributed by atoms with E-state index in [-0.39, 0.29) is 5.91 Å². The van der Waals surface area contributed by atoms with Crippen LogP contribution in [0.5, 0.6) is 11.5 Å². The molecule has 0 radical (unpaired) electrons. The molecule has 0 atom stereocenters. The smallest absolute Gasteiger partial charge is 0.274 e. The van der Waals surface area contributed by atoms with Gasteiger partial charge in [0.15, 0.2) is 5.82 Å². The van der Waals surface area contributed by atoms with E-state index >= 15 is 0 Å². The number of hydrogen-bond donors (Lipinski definition) is 1. The Hall–Kier alpha value is -4.46. The first kappa shape index (κ1) is 21.8. The lowest BCUT2D eigenvalue weighted by Gasteiger charge is -2.07. The Morgan fingerprint density at radius 1 is 1.03 bits per heavy atom. The number of hydrogen-bond acceptors (Lipinski definition) is 7. The maximum absolute atomic E-state index is 13.0. The third-order valence-electron chi connectivity index (χ3n) is 4.89. The third kappa shape index (κ3) is 5.24. The van der Waals surface area contributed by atoms with E-state index in [0.717, 1.165) is 16.9 Å². The van der Waals surface area contributed by atoms with Crippen LogP contribution in [0.4, 0.5) is 5.95 Å². The van der Waals surface area contributed by atoms with Crippen molar-refractivity contribution in [1.82, 2.24) is 19.7 Å². The number of anilines is 1. The molecule has 0 amide bonds. The molecule has 0 aliphatic rings. The molecule has 0 unspecified atom stereocenters. The average molecular weight is 441 g/mol. The fourth-order valence-electron chi connectivity index (χ4n) is 3.16. The van der Waals surface area contributed by atoms with Crippen LogP contribution in [0.25, 0.3) is 17.5 Å². The van der Waals surface area contributed by atoms with Crippen molar-refractivity contribution < 1.29 is 14.3 Å². The molecule has 33 heavy (non-hydrogen) atoms. The number of allylic oxidation sites excluding steroid dienone is 1. The van der Waals surface area contributed by atoms with Gasteiger partial charge in [0.05, 0.1) is 14.2 Å². The number of aromatic nitrogens is 4. The largest absolute Gasteiger partial charge is 0.497 e. The SMILES string of the molecule is COc1ccc(CNc2nc(-c3cccnc3)nn2C(=O)/C=C/c2ccccc2OC)cc1. The van der Waals surface area contributed by atoms with Crippen molar-refractivity contribution in [1.29, 1.82) is 0 Å². The number of para-hydroxylation sites is 1. The number of nitrogens with zero attached hydrogens (tertiary/aromatic N) is 4. The Morgan fingerprint density at radius 3 is 2.58 bits per heavy atom. The lowest BCUT2D eigenvalue weighted by Crippen LogP contribution is -2.14. The highest BCUT2D eigenvalue weighted by Crippen LogP contribution is 2.21. The van der Waals surface area contributed by atoms with Gasteiger partial charge in [0.1, 0.15) is 11.5 Å². The van der Waals surface area contributed by atoms with Gasteiger partial charge in [-0.25, -0.2) is 0 Å². The summed E-state index contributed by atoms with van der Waals surface area (Å²) in [6.45, 7) is 0.457. The molecule has 0 fully saturated rings. The first-order chi connectivity index (χ1) is 16.2. The Balaban J connectivity index is 1.61. The van der Waals surface area contributed by atoms with E-state index in [1.54, 1.807) is 38.8 Å². The molecule has 0 spiro atoms. The van der Waals surface area contributed by atoms with Gasteiger partial charge in [0.2, 0.25) is 5.95 Å². The zero-order valence-corrected chi connectivity index (χ0v) is 18.3. The molecule has 2 aromatic heterocycles. The summed E-state index contributed by atoms with van der Waals surface area (Å²) >= 11 is 0. The molecule has 4 aromatic rings. The molecule has 166 valence electrons. The fourth-order valence-corrected chi connectivity index (χ4v) is 3.16. The van der Waals surface area contributed by atoms with Crippen LogP contribution in [0, 0.1) is 0 Å². The van der Waals surface area contributed by atoms with Crippen molar-refractivity contribution in [3.05, 3.63) is 90.3 Å². The molecule has 8 nitrogen and oxygen atoms in total. The van der Waals surface area contributed by atoms with E-state index in [0.29, 0.717) is 29.6 Å². The van der Waals surface area contributed by atoms with Gasteiger partial charge in [0.25, 0.3) is 5.91 Å². The Labute approximate surface area is 191 Å². The predicted molar refractivity (Wildman–Crippen MR) is 126 cm³/mol. The number of carbonyl (C=O) groups is 1. The fraction of sp³-hybridized carbons (Fsp3) is 0.120. The summed E-state index contributed by atoms with van der Waals surface area (Å²) in [6, 6.07) is 18.7. The van der Waals surface area contributed by atoms with Crippen molar-refractivity contribution in [3.8, 4) is 22.9 Å². The van der Waals surface area contributed by atoms with Crippen molar-refractivity contribution in [2.45, 2.75) is 6.54 Å². The summed E-state index contributed by atoms with van der Waals surface area (Å²) in [5.74, 6) is 1.84. The second-order valence-electron chi connectivity index (χ2n) is 7.03. The van der Waals surface area contributed by atoms with Gasteiger partial charge in [0, 0.05) is 36.1 Å². The van der Waals surface area contributed by atoms with E-state index in [4.69, 9.17) is 9.47 Å². The minimum Gasteiger partial charge on any atom is -0.497 e. The van der Waals surface area contributed by atoms with E-state index in [1.165, 1.54) is 10.8 Å². The Kier molecular flexibility index (Phi) is 6.75. The first-order valence-corrected chi connectivity index (χ1v) is 10.3. The van der Waals surface area contributed by atoms with Gasteiger partial charge in [-0.2, -0.15) is 9.67 Å². The molecular formula is C25H23N5O3. The van der Waals surface area contributed by atoms with Gasteiger partial charge in [-0.3, -0.25) is 9.78 Å². The third-order valence-corrected chi connectivity index (χ3v) is 4.89. The molecule has 2 aromatic carbocycles. The second kappa shape index (κ2) is 10.2. The van der Waals surface area contributed by atoms with E-state index in [9.17, 15) is 4.79 Å². The molecule has 1 N–H and O–H groups in total. The number of pyridine rings is 1. The summed E-state index contributed by atoms with van der Waals surface area (Å²) in [6.07, 6.45) is 6.46. The van der Waals surface area contributed by atoms with Crippen LogP contribution < -0.4 is 14.8 Å². The summed E-state index contributed by atoms with van der Waals surface area (Å²) in [5.41, 5.74) is 2.50. The van der Waals surface area contributed by atoms with Gasteiger partial charge in [-0.1, -0.05) is 30.3 Å². The first-order valence-electron chi connectivity index (χ1n) is 10.3. The summed E-state index contributed by atoms with van der Waals surface area (Å²) < 4.78 is 11.8. The van der Waals surface area contributed by atoms with Crippen molar-refractivity contribution in [2.24, 2.45) is 0 Å². The Bertz CT molecular complexity index is 1250. The number of ether oxygens (including phenoxy) is 2. The van der Waals surface area contributed by atoms with Gasteiger partial charge >= 0.3 is 0 Å². The average Bonchev–Trinajstić information content (AvgIpc) is 3.31. The molecule has 0 saturated heterocycles. The van der Waals surface area contributed by atoms with Crippen LogP contribution >= 0.6 is 0 Å². The monoisotopic (exact) mass is 441 g/mol. The van der Waals surface area contributed by atoms with Crippen molar-refractivity contribution in [2.75, 3.05) is 19.5 Å². The molecule has 2 heterocycles. The van der Waals surface area contributed by atoms with Crippen LogP contribution in [0.2, 0.25) is 0 Å². The van der Waals surface area contributed by atoms with Gasteiger partial charge in [-0.05, 0) is 42.0 Å². The number of carbonyl (C=O) groups excluding carboxylic acids is 1. The molecule has 0 aliphatic carbocycles. The zero-order valence-electron chi connectivity index (χ0n) is 18.3. The lowest BCUT2D eigenvalue weighted by atomic mass is 10.2. The maximum Gasteiger partial charge on any atom is 0.274 e. The number of nitrogens with one attached hydrogen (secondary N) is 1. The minimum atomic E-state index is -0.347. The molecular weight excluding hydrogens is 418 g/mol. The van der Waals surface area contributed by atoms with Crippen molar-refractivity contribution >= 4 is 17.9 Å². The standard InChI is InChI=1S/C25H23N5O3/c1-32-21-12-9-18(10-13-21)16-27-25-28-24(20-7-5-15-26-17-20)29-30(25)23(31)14-11-19-6-3-4-8-22(19)33-2/h3-15,17H,16H2,1-2H3,(H,27,28,29)/b14-11+. The second-order valence-corrected chi connectivity index (χ2v) is 7.03. The highest BCUT2D eigenvalue weighted by Gasteiger charge is 2.16. The molecule has 4 rings (SSSR count). The molecule has 0 saturated carbocycles. The zero-order chi connectivity index (χ0) is 23.0. The van der Waals surface area contributed by atoms with Crippen LogP contribution in [-0.4, -0.2) is 39.9 Å². The van der Waals surface area contributed by atoms with E-state index in [2.05, 4.69) is 20.4 Å². The van der Waals surface area contributed by atoms with E-state index in [1.807, 2.05) is 54.6 Å². The Morgan fingerprint density at radius 2 is 1.85 bits per heavy atom. The molecule has 0 aliphatic heterocycles. The van der Waals surface area contributed by atoms with E-state index < -0.39 is 0 Å². The number of methoxy groups -OCH3 is 2. The lowest BCUT2D eigenvalue weighted by molar-refractivity contribution is 0.0957. The van der Waals surface area contributed by atoms with Crippen LogP contribution in [0.15, 0.2) is 79.1 Å². The highest BCUT2D eigenvalue weighted by molar-refractivity contribution is 5.95. The summed E-state index contributed by atoms with van der Waals surface area (Å²) in [4.78, 5) is 21.7. The van der Waals surface area contributed by atoms with Gasteiger partial charge in [-0.15, -0.1) is 5.10 Å². The summed E-state index contributed by atoms with van der Waals surface area (Å²) in [5, 5.41) is 7.63. The maximum atomic E-state index is 13.0. The molecule has 8 heteroatoms. The van der Waals surface area contributed by atoms with Crippen molar-refractivity contribution in [3.63, 3.8) is 0 Å². The minimum absolute atomic E-state index is 0.333. The number of rotatable bonds is 8.